The van der Waals surface area contributed by atoms with E-state index in [0.29, 0.717) is 23.2 Å². The van der Waals surface area contributed by atoms with Crippen LogP contribution >= 0.6 is 23.2 Å². The molecule has 0 bridgehead atoms. The van der Waals surface area contributed by atoms with Crippen LogP contribution in [0.2, 0.25) is 10.0 Å². The second kappa shape index (κ2) is 8.28. The van der Waals surface area contributed by atoms with E-state index in [0.717, 1.165) is 5.56 Å². The standard InChI is InChI=1S/C16H17Cl2N3O3/c1-20(10-11-3-4-12(17)9-13(11)18)16(23)14-5-6-15(22)21(19-14)7-8-24-2/h3-6,9H,7-8,10H2,1-2H3. The van der Waals surface area contributed by atoms with Gasteiger partial charge in [-0.3, -0.25) is 9.59 Å². The molecule has 0 radical (unpaired) electrons. The van der Waals surface area contributed by atoms with E-state index in [9.17, 15) is 9.59 Å². The normalized spacial score (nSPS) is 10.7. The quantitative estimate of drug-likeness (QED) is 0.784. The summed E-state index contributed by atoms with van der Waals surface area (Å²) >= 11 is 12.0. The SMILES string of the molecule is COCCn1nc(C(=O)N(C)Cc2ccc(Cl)cc2Cl)ccc1=O. The number of rotatable bonds is 6. The first-order chi connectivity index (χ1) is 11.4. The van der Waals surface area contributed by atoms with Gasteiger partial charge in [-0.05, 0) is 23.8 Å². The first kappa shape index (κ1) is 18.4. The van der Waals surface area contributed by atoms with E-state index in [1.165, 1.54) is 28.8 Å². The number of methoxy groups -OCH3 is 1. The van der Waals surface area contributed by atoms with Crippen molar-refractivity contribution >= 4 is 29.1 Å². The molecule has 0 aliphatic rings. The molecule has 0 N–H and O–H groups in total. The minimum Gasteiger partial charge on any atom is -0.383 e. The Morgan fingerprint density at radius 2 is 2.04 bits per heavy atom. The number of amides is 1. The fourth-order valence-corrected chi connectivity index (χ4v) is 2.54. The molecule has 24 heavy (non-hydrogen) atoms. The molecule has 128 valence electrons. The maximum absolute atomic E-state index is 12.5. The van der Waals surface area contributed by atoms with Crippen molar-refractivity contribution in [3.05, 3.63) is 62.0 Å². The van der Waals surface area contributed by atoms with Gasteiger partial charge >= 0.3 is 0 Å². The molecule has 1 aromatic carbocycles. The Hall–Kier alpha value is -1.89. The molecular formula is C16H17Cl2N3O3. The Kier molecular flexibility index (Phi) is 6.36. The number of aromatic nitrogens is 2. The molecule has 6 nitrogen and oxygen atoms in total. The van der Waals surface area contributed by atoms with E-state index in [1.807, 2.05) is 0 Å². The van der Waals surface area contributed by atoms with E-state index >= 15 is 0 Å². The molecule has 0 spiro atoms. The monoisotopic (exact) mass is 369 g/mol. The highest BCUT2D eigenvalue weighted by molar-refractivity contribution is 6.35. The van der Waals surface area contributed by atoms with Gasteiger partial charge in [0.25, 0.3) is 11.5 Å². The van der Waals surface area contributed by atoms with E-state index in [-0.39, 0.29) is 23.7 Å². The summed E-state index contributed by atoms with van der Waals surface area (Å²) in [7, 11) is 3.17. The van der Waals surface area contributed by atoms with Crippen LogP contribution in [0, 0.1) is 0 Å². The lowest BCUT2D eigenvalue weighted by Gasteiger charge is -2.18. The summed E-state index contributed by atoms with van der Waals surface area (Å²) in [5, 5.41) is 5.11. The summed E-state index contributed by atoms with van der Waals surface area (Å²) in [4.78, 5) is 25.7. The van der Waals surface area contributed by atoms with Crippen molar-refractivity contribution in [3.63, 3.8) is 0 Å². The van der Waals surface area contributed by atoms with Crippen molar-refractivity contribution in [2.24, 2.45) is 0 Å². The van der Waals surface area contributed by atoms with Crippen LogP contribution in [0.5, 0.6) is 0 Å². The molecule has 2 aromatic rings. The van der Waals surface area contributed by atoms with Gasteiger partial charge in [0.05, 0.1) is 13.2 Å². The summed E-state index contributed by atoms with van der Waals surface area (Å²) in [6.45, 7) is 0.914. The summed E-state index contributed by atoms with van der Waals surface area (Å²) < 4.78 is 6.14. The van der Waals surface area contributed by atoms with Gasteiger partial charge in [-0.15, -0.1) is 0 Å². The van der Waals surface area contributed by atoms with Crippen LogP contribution in [0.1, 0.15) is 16.1 Å². The Morgan fingerprint density at radius 1 is 1.29 bits per heavy atom. The van der Waals surface area contributed by atoms with Gasteiger partial charge in [-0.1, -0.05) is 29.3 Å². The van der Waals surface area contributed by atoms with Gasteiger partial charge < -0.3 is 9.64 Å². The largest absolute Gasteiger partial charge is 0.383 e. The zero-order valence-electron chi connectivity index (χ0n) is 13.3. The predicted octanol–water partition coefficient (Wildman–Crippen LogP) is 2.47. The number of hydrogen-bond donors (Lipinski definition) is 0. The van der Waals surface area contributed by atoms with Gasteiger partial charge in [-0.2, -0.15) is 5.10 Å². The minimum atomic E-state index is -0.313. The third-order valence-corrected chi connectivity index (χ3v) is 3.95. The van der Waals surface area contributed by atoms with Crippen LogP contribution in [0.15, 0.2) is 35.1 Å². The zero-order chi connectivity index (χ0) is 17.7. The second-order valence-corrected chi connectivity index (χ2v) is 6.01. The van der Waals surface area contributed by atoms with E-state index in [4.69, 9.17) is 27.9 Å². The Balaban J connectivity index is 2.16. The minimum absolute atomic E-state index is 0.179. The van der Waals surface area contributed by atoms with Gasteiger partial charge in [0, 0.05) is 36.8 Å². The number of hydrogen-bond acceptors (Lipinski definition) is 4. The number of carbonyl (C=O) groups excluding carboxylic acids is 1. The molecule has 0 fully saturated rings. The third kappa shape index (κ3) is 4.56. The topological polar surface area (TPSA) is 64.4 Å². The average molecular weight is 370 g/mol. The van der Waals surface area contributed by atoms with Crippen molar-refractivity contribution in [1.82, 2.24) is 14.7 Å². The summed E-state index contributed by atoms with van der Waals surface area (Å²) in [5.41, 5.74) is 0.662. The predicted molar refractivity (Wildman–Crippen MR) is 92.6 cm³/mol. The molecule has 1 amide bonds. The van der Waals surface area contributed by atoms with Gasteiger partial charge in [-0.25, -0.2) is 4.68 Å². The van der Waals surface area contributed by atoms with Crippen LogP contribution in [0.25, 0.3) is 0 Å². The molecular weight excluding hydrogens is 353 g/mol. The molecule has 8 heteroatoms. The molecule has 0 aliphatic carbocycles. The number of ether oxygens (including phenoxy) is 1. The molecule has 2 rings (SSSR count). The lowest BCUT2D eigenvalue weighted by Crippen LogP contribution is -2.31. The molecule has 1 aromatic heterocycles. The Bertz CT molecular complexity index is 792. The van der Waals surface area contributed by atoms with Crippen LogP contribution in [-0.4, -0.2) is 41.4 Å². The van der Waals surface area contributed by atoms with Crippen LogP contribution in [-0.2, 0) is 17.8 Å². The van der Waals surface area contributed by atoms with Gasteiger partial charge in [0.1, 0.15) is 5.69 Å². The highest BCUT2D eigenvalue weighted by atomic mass is 35.5. The number of carbonyl (C=O) groups is 1. The van der Waals surface area contributed by atoms with Gasteiger partial charge in [0.2, 0.25) is 0 Å². The first-order valence-electron chi connectivity index (χ1n) is 7.19. The van der Waals surface area contributed by atoms with Crippen molar-refractivity contribution in [2.45, 2.75) is 13.1 Å². The third-order valence-electron chi connectivity index (χ3n) is 3.36. The molecule has 1 heterocycles. The molecule has 0 unspecified atom stereocenters. The fourth-order valence-electron chi connectivity index (χ4n) is 2.07. The van der Waals surface area contributed by atoms with E-state index in [1.54, 1.807) is 25.2 Å². The van der Waals surface area contributed by atoms with E-state index < -0.39 is 0 Å². The average Bonchev–Trinajstić information content (AvgIpc) is 2.56. The number of halogens is 2. The fraction of sp³-hybridized carbons (Fsp3) is 0.312. The maximum Gasteiger partial charge on any atom is 0.274 e. The maximum atomic E-state index is 12.5. The van der Waals surface area contributed by atoms with Crippen molar-refractivity contribution in [3.8, 4) is 0 Å². The zero-order valence-corrected chi connectivity index (χ0v) is 14.8. The summed E-state index contributed by atoms with van der Waals surface area (Å²) in [5.74, 6) is -0.313. The van der Waals surface area contributed by atoms with Gasteiger partial charge in [0.15, 0.2) is 0 Å². The first-order valence-corrected chi connectivity index (χ1v) is 7.94. The van der Waals surface area contributed by atoms with Crippen LogP contribution in [0.3, 0.4) is 0 Å². The number of benzene rings is 1. The van der Waals surface area contributed by atoms with Crippen molar-refractivity contribution in [2.75, 3.05) is 20.8 Å². The molecule has 0 saturated heterocycles. The highest BCUT2D eigenvalue weighted by Gasteiger charge is 2.16. The molecule has 0 aliphatic heterocycles. The van der Waals surface area contributed by atoms with Crippen LogP contribution < -0.4 is 5.56 Å². The van der Waals surface area contributed by atoms with Crippen molar-refractivity contribution in [1.29, 1.82) is 0 Å². The summed E-state index contributed by atoms with van der Waals surface area (Å²) in [6, 6.07) is 7.83. The lowest BCUT2D eigenvalue weighted by atomic mass is 10.2. The highest BCUT2D eigenvalue weighted by Crippen LogP contribution is 2.22. The van der Waals surface area contributed by atoms with Crippen molar-refractivity contribution < 1.29 is 9.53 Å². The Labute approximate surface area is 149 Å². The Morgan fingerprint density at radius 3 is 2.71 bits per heavy atom. The summed E-state index contributed by atoms with van der Waals surface area (Å²) in [6.07, 6.45) is 0. The second-order valence-electron chi connectivity index (χ2n) is 5.17. The molecule has 0 atom stereocenters. The van der Waals surface area contributed by atoms with E-state index in [2.05, 4.69) is 5.10 Å². The lowest BCUT2D eigenvalue weighted by molar-refractivity contribution is 0.0775. The number of nitrogens with zero attached hydrogens (tertiary/aromatic N) is 3. The smallest absolute Gasteiger partial charge is 0.274 e. The van der Waals surface area contributed by atoms with Crippen LogP contribution in [0.4, 0.5) is 0 Å². The molecule has 0 saturated carbocycles.